The number of hydrogen-bond donors (Lipinski definition) is 1. The zero-order chi connectivity index (χ0) is 10.1. The molecule has 1 atom stereocenters. The van der Waals surface area contributed by atoms with Crippen LogP contribution in [0.5, 0.6) is 0 Å². The number of rotatable bonds is 1. The molecule has 1 heterocycles. The van der Waals surface area contributed by atoms with E-state index in [4.69, 9.17) is 5.73 Å². The summed E-state index contributed by atoms with van der Waals surface area (Å²) in [4.78, 5) is 12.9. The molecule has 1 amide bonds. The first-order valence-corrected chi connectivity index (χ1v) is 4.48. The second kappa shape index (κ2) is 3.38. The van der Waals surface area contributed by atoms with Crippen molar-refractivity contribution >= 4 is 11.6 Å². The Labute approximate surface area is 81.3 Å². The average Bonchev–Trinajstić information content (AvgIpc) is 2.45. The molecule has 2 rings (SSSR count). The fourth-order valence-corrected chi connectivity index (χ4v) is 1.63. The van der Waals surface area contributed by atoms with Gasteiger partial charge in [-0.2, -0.15) is 0 Å². The van der Waals surface area contributed by atoms with Gasteiger partial charge in [0.2, 0.25) is 5.91 Å². The lowest BCUT2D eigenvalue weighted by molar-refractivity contribution is -0.117. The molecule has 1 aromatic carbocycles. The predicted octanol–water partition coefficient (Wildman–Crippen LogP) is 0.890. The van der Waals surface area contributed by atoms with Crippen molar-refractivity contribution in [3.63, 3.8) is 0 Å². The highest BCUT2D eigenvalue weighted by atomic mass is 19.1. The summed E-state index contributed by atoms with van der Waals surface area (Å²) in [7, 11) is 0. The number of anilines is 1. The molecule has 0 saturated carbocycles. The largest absolute Gasteiger partial charge is 0.326 e. The number of carbonyl (C=O) groups is 1. The third-order valence-electron chi connectivity index (χ3n) is 2.27. The third kappa shape index (κ3) is 1.61. The van der Waals surface area contributed by atoms with Crippen LogP contribution in [-0.2, 0) is 4.79 Å². The van der Waals surface area contributed by atoms with E-state index in [2.05, 4.69) is 0 Å². The van der Waals surface area contributed by atoms with Gasteiger partial charge in [0, 0.05) is 24.7 Å². The first-order chi connectivity index (χ1) is 6.66. The second-order valence-electron chi connectivity index (χ2n) is 3.45. The first-order valence-electron chi connectivity index (χ1n) is 4.48. The van der Waals surface area contributed by atoms with Crippen LogP contribution in [0.4, 0.5) is 10.1 Å². The topological polar surface area (TPSA) is 46.3 Å². The molecule has 3 nitrogen and oxygen atoms in total. The van der Waals surface area contributed by atoms with Gasteiger partial charge in [0.15, 0.2) is 0 Å². The maximum atomic E-state index is 12.9. The van der Waals surface area contributed by atoms with Crippen LogP contribution in [0, 0.1) is 5.82 Å². The van der Waals surface area contributed by atoms with E-state index >= 15 is 0 Å². The van der Waals surface area contributed by atoms with Crippen molar-refractivity contribution in [2.75, 3.05) is 11.4 Å². The van der Waals surface area contributed by atoms with E-state index in [1.807, 2.05) is 0 Å². The standard InChI is InChI=1S/C10H11FN2O/c11-7-2-1-3-9(4-7)13-6-8(12)5-10(13)14/h1-4,8H,5-6,12H2. The zero-order valence-electron chi connectivity index (χ0n) is 7.61. The molecule has 2 N–H and O–H groups in total. The van der Waals surface area contributed by atoms with Gasteiger partial charge >= 0.3 is 0 Å². The number of hydrogen-bond acceptors (Lipinski definition) is 2. The Morgan fingerprint density at radius 3 is 2.86 bits per heavy atom. The first kappa shape index (κ1) is 9.15. The number of halogens is 1. The van der Waals surface area contributed by atoms with Crippen molar-refractivity contribution in [1.82, 2.24) is 0 Å². The fourth-order valence-electron chi connectivity index (χ4n) is 1.63. The highest BCUT2D eigenvalue weighted by Crippen LogP contribution is 2.21. The molecule has 74 valence electrons. The van der Waals surface area contributed by atoms with Gasteiger partial charge < -0.3 is 10.6 Å². The van der Waals surface area contributed by atoms with Gasteiger partial charge in [0.05, 0.1) is 0 Å². The summed E-state index contributed by atoms with van der Waals surface area (Å²) >= 11 is 0. The summed E-state index contributed by atoms with van der Waals surface area (Å²) in [5, 5.41) is 0. The maximum Gasteiger partial charge on any atom is 0.228 e. The molecule has 1 unspecified atom stereocenters. The monoisotopic (exact) mass is 194 g/mol. The molecule has 4 heteroatoms. The Kier molecular flexibility index (Phi) is 2.21. The number of benzene rings is 1. The highest BCUT2D eigenvalue weighted by Gasteiger charge is 2.27. The van der Waals surface area contributed by atoms with E-state index < -0.39 is 0 Å². The molecule has 1 saturated heterocycles. The fraction of sp³-hybridized carbons (Fsp3) is 0.300. The van der Waals surface area contributed by atoms with Crippen molar-refractivity contribution in [2.45, 2.75) is 12.5 Å². The summed E-state index contributed by atoms with van der Waals surface area (Å²) in [5.74, 6) is -0.376. The normalized spacial score (nSPS) is 21.7. The second-order valence-corrected chi connectivity index (χ2v) is 3.45. The van der Waals surface area contributed by atoms with Crippen LogP contribution >= 0.6 is 0 Å². The van der Waals surface area contributed by atoms with Crippen molar-refractivity contribution in [2.24, 2.45) is 5.73 Å². The smallest absolute Gasteiger partial charge is 0.228 e. The molecule has 1 aliphatic heterocycles. The van der Waals surface area contributed by atoms with Crippen LogP contribution < -0.4 is 10.6 Å². The Bertz CT molecular complexity index is 367. The van der Waals surface area contributed by atoms with Crippen molar-refractivity contribution < 1.29 is 9.18 Å². The Hall–Kier alpha value is -1.42. The SMILES string of the molecule is NC1CC(=O)N(c2cccc(F)c2)C1. The third-order valence-corrected chi connectivity index (χ3v) is 2.27. The van der Waals surface area contributed by atoms with Gasteiger partial charge in [0.1, 0.15) is 5.82 Å². The quantitative estimate of drug-likeness (QED) is 0.721. The predicted molar refractivity (Wildman–Crippen MR) is 51.3 cm³/mol. The van der Waals surface area contributed by atoms with Crippen molar-refractivity contribution in [3.8, 4) is 0 Å². The Morgan fingerprint density at radius 1 is 1.50 bits per heavy atom. The molecule has 1 aliphatic rings. The summed E-state index contributed by atoms with van der Waals surface area (Å²) in [6, 6.07) is 5.85. The molecule has 0 bridgehead atoms. The van der Waals surface area contributed by atoms with Crippen LogP contribution in [0.15, 0.2) is 24.3 Å². The van der Waals surface area contributed by atoms with Crippen molar-refractivity contribution in [3.05, 3.63) is 30.1 Å². The molecule has 1 fully saturated rings. The van der Waals surface area contributed by atoms with Crippen LogP contribution in [0.3, 0.4) is 0 Å². The highest BCUT2D eigenvalue weighted by molar-refractivity contribution is 5.96. The minimum absolute atomic E-state index is 0.0388. The van der Waals surface area contributed by atoms with Gasteiger partial charge in [-0.15, -0.1) is 0 Å². The molecule has 14 heavy (non-hydrogen) atoms. The lowest BCUT2D eigenvalue weighted by atomic mass is 10.3. The number of nitrogens with zero attached hydrogens (tertiary/aromatic N) is 1. The molecule has 0 aliphatic carbocycles. The summed E-state index contributed by atoms with van der Waals surface area (Å²) < 4.78 is 12.9. The van der Waals surface area contributed by atoms with Gasteiger partial charge in [-0.3, -0.25) is 4.79 Å². The molecule has 0 spiro atoms. The van der Waals surface area contributed by atoms with Crippen molar-refractivity contribution in [1.29, 1.82) is 0 Å². The van der Waals surface area contributed by atoms with E-state index in [-0.39, 0.29) is 17.8 Å². The van der Waals surface area contributed by atoms with Gasteiger partial charge in [-0.1, -0.05) is 6.07 Å². The lowest BCUT2D eigenvalue weighted by Crippen LogP contribution is -2.27. The van der Waals surface area contributed by atoms with E-state index in [9.17, 15) is 9.18 Å². The lowest BCUT2D eigenvalue weighted by Gasteiger charge is -2.15. The summed E-state index contributed by atoms with van der Waals surface area (Å²) in [5.41, 5.74) is 6.22. The zero-order valence-corrected chi connectivity index (χ0v) is 7.61. The summed E-state index contributed by atoms with van der Waals surface area (Å²) in [6.07, 6.45) is 0.344. The van der Waals surface area contributed by atoms with E-state index in [1.165, 1.54) is 17.0 Å². The molecular weight excluding hydrogens is 183 g/mol. The average molecular weight is 194 g/mol. The summed E-state index contributed by atoms with van der Waals surface area (Å²) in [6.45, 7) is 0.474. The number of carbonyl (C=O) groups excluding carboxylic acids is 1. The van der Waals surface area contributed by atoms with Crippen LogP contribution in [0.1, 0.15) is 6.42 Å². The minimum atomic E-state index is -0.337. The van der Waals surface area contributed by atoms with Gasteiger partial charge in [-0.05, 0) is 18.2 Å². The van der Waals surface area contributed by atoms with E-state index in [1.54, 1.807) is 12.1 Å². The van der Waals surface area contributed by atoms with E-state index in [0.717, 1.165) is 0 Å². The number of nitrogens with two attached hydrogens (primary N) is 1. The molecular formula is C10H11FN2O. The van der Waals surface area contributed by atoms with Crippen LogP contribution in [0.2, 0.25) is 0 Å². The molecule has 0 aromatic heterocycles. The van der Waals surface area contributed by atoms with Gasteiger partial charge in [-0.25, -0.2) is 4.39 Å². The Balaban J connectivity index is 2.27. The van der Waals surface area contributed by atoms with Crippen LogP contribution in [0.25, 0.3) is 0 Å². The Morgan fingerprint density at radius 2 is 2.29 bits per heavy atom. The minimum Gasteiger partial charge on any atom is -0.326 e. The number of amides is 1. The van der Waals surface area contributed by atoms with Crippen LogP contribution in [-0.4, -0.2) is 18.5 Å². The van der Waals surface area contributed by atoms with Gasteiger partial charge in [0.25, 0.3) is 0 Å². The molecule has 0 radical (unpaired) electrons. The van der Waals surface area contributed by atoms with E-state index in [0.29, 0.717) is 18.7 Å². The maximum absolute atomic E-state index is 12.9. The molecule has 1 aromatic rings.